The molecular formula is C12H19N3OS2. The molecule has 0 spiro atoms. The van der Waals surface area contributed by atoms with Crippen molar-refractivity contribution in [3.8, 4) is 0 Å². The molecule has 2 heterocycles. The van der Waals surface area contributed by atoms with Crippen LogP contribution >= 0.6 is 23.1 Å². The number of nitrogens with two attached hydrogens (primary N) is 1. The molecule has 2 rings (SSSR count). The van der Waals surface area contributed by atoms with Gasteiger partial charge in [0.2, 0.25) is 0 Å². The van der Waals surface area contributed by atoms with E-state index in [4.69, 9.17) is 5.73 Å². The van der Waals surface area contributed by atoms with Crippen LogP contribution in [0.25, 0.3) is 0 Å². The third-order valence-corrected chi connectivity index (χ3v) is 5.08. The van der Waals surface area contributed by atoms with Crippen LogP contribution in [0.4, 0.5) is 10.7 Å². The van der Waals surface area contributed by atoms with E-state index >= 15 is 0 Å². The fourth-order valence-corrected chi connectivity index (χ4v) is 3.87. The summed E-state index contributed by atoms with van der Waals surface area (Å²) in [6.07, 6.45) is 1.19. The molecule has 0 saturated carbocycles. The zero-order valence-corrected chi connectivity index (χ0v) is 12.2. The number of anilines is 2. The highest BCUT2D eigenvalue weighted by Gasteiger charge is 2.18. The Morgan fingerprint density at radius 2 is 2.33 bits per heavy atom. The molecule has 1 saturated heterocycles. The number of carbonyl (C=O) groups is 1. The summed E-state index contributed by atoms with van der Waals surface area (Å²) in [6, 6.07) is 1.94. The van der Waals surface area contributed by atoms with Gasteiger partial charge in [-0.3, -0.25) is 4.79 Å². The lowest BCUT2D eigenvalue weighted by molar-refractivity contribution is 0.0960. The van der Waals surface area contributed by atoms with Gasteiger partial charge in [0.05, 0.1) is 10.7 Å². The standard InChI is InChI=1S/C12H19N3OS2/c1-2-14-12(16)11-9(13)8-10(18-11)15-4-3-6-17-7-5-15/h8H,2-7,13H2,1H3,(H,14,16). The van der Waals surface area contributed by atoms with E-state index in [1.165, 1.54) is 23.5 Å². The van der Waals surface area contributed by atoms with Crippen molar-refractivity contribution in [2.75, 3.05) is 41.8 Å². The average Bonchev–Trinajstić information content (AvgIpc) is 2.58. The molecule has 0 radical (unpaired) electrons. The first kappa shape index (κ1) is 13.5. The molecule has 1 aromatic heterocycles. The Balaban J connectivity index is 2.14. The number of nitrogens with one attached hydrogen (secondary N) is 1. The second-order valence-electron chi connectivity index (χ2n) is 4.18. The van der Waals surface area contributed by atoms with E-state index in [1.807, 2.05) is 24.8 Å². The van der Waals surface area contributed by atoms with E-state index in [0.29, 0.717) is 17.1 Å². The summed E-state index contributed by atoms with van der Waals surface area (Å²) in [4.78, 5) is 14.8. The van der Waals surface area contributed by atoms with Gasteiger partial charge in [0.1, 0.15) is 4.88 Å². The molecule has 4 nitrogen and oxygen atoms in total. The van der Waals surface area contributed by atoms with Crippen LogP contribution in [0, 0.1) is 0 Å². The third kappa shape index (κ3) is 3.11. The molecule has 6 heteroatoms. The van der Waals surface area contributed by atoms with Gasteiger partial charge in [0, 0.05) is 25.4 Å². The van der Waals surface area contributed by atoms with Gasteiger partial charge in [-0.15, -0.1) is 11.3 Å². The Bertz CT molecular complexity index is 411. The lowest BCUT2D eigenvalue weighted by Crippen LogP contribution is -2.24. The van der Waals surface area contributed by atoms with Crippen molar-refractivity contribution < 1.29 is 4.79 Å². The summed E-state index contributed by atoms with van der Waals surface area (Å²) >= 11 is 3.49. The van der Waals surface area contributed by atoms with E-state index in [0.717, 1.165) is 23.8 Å². The predicted octanol–water partition coefficient (Wildman–Crippen LogP) is 2.02. The van der Waals surface area contributed by atoms with E-state index in [2.05, 4.69) is 10.2 Å². The molecule has 0 bridgehead atoms. The van der Waals surface area contributed by atoms with Crippen LogP contribution in [-0.4, -0.2) is 37.0 Å². The van der Waals surface area contributed by atoms with Gasteiger partial charge in [-0.25, -0.2) is 0 Å². The van der Waals surface area contributed by atoms with E-state index in [-0.39, 0.29) is 5.91 Å². The first-order valence-electron chi connectivity index (χ1n) is 6.22. The average molecular weight is 285 g/mol. The third-order valence-electron chi connectivity index (χ3n) is 2.83. The number of amides is 1. The molecule has 0 aliphatic carbocycles. The minimum absolute atomic E-state index is 0.0598. The summed E-state index contributed by atoms with van der Waals surface area (Å²) in [5.41, 5.74) is 6.53. The summed E-state index contributed by atoms with van der Waals surface area (Å²) < 4.78 is 0. The van der Waals surface area contributed by atoms with Crippen molar-refractivity contribution >= 4 is 39.7 Å². The maximum absolute atomic E-state index is 11.8. The number of hydrogen-bond acceptors (Lipinski definition) is 5. The van der Waals surface area contributed by atoms with Crippen molar-refractivity contribution in [2.24, 2.45) is 0 Å². The second-order valence-corrected chi connectivity index (χ2v) is 6.44. The highest BCUT2D eigenvalue weighted by molar-refractivity contribution is 7.99. The maximum Gasteiger partial charge on any atom is 0.263 e. The number of rotatable bonds is 3. The zero-order valence-electron chi connectivity index (χ0n) is 10.6. The van der Waals surface area contributed by atoms with Crippen molar-refractivity contribution in [3.05, 3.63) is 10.9 Å². The highest BCUT2D eigenvalue weighted by atomic mass is 32.2. The smallest absolute Gasteiger partial charge is 0.263 e. The van der Waals surface area contributed by atoms with Crippen LogP contribution in [-0.2, 0) is 0 Å². The first-order valence-corrected chi connectivity index (χ1v) is 8.19. The number of thioether (sulfide) groups is 1. The fourth-order valence-electron chi connectivity index (χ4n) is 1.93. The quantitative estimate of drug-likeness (QED) is 0.892. The number of hydrogen-bond donors (Lipinski definition) is 2. The zero-order chi connectivity index (χ0) is 13.0. The summed E-state index contributed by atoms with van der Waals surface area (Å²) in [7, 11) is 0. The Labute approximate surface area is 116 Å². The highest BCUT2D eigenvalue weighted by Crippen LogP contribution is 2.33. The van der Waals surface area contributed by atoms with Crippen molar-refractivity contribution in [2.45, 2.75) is 13.3 Å². The van der Waals surface area contributed by atoms with Crippen molar-refractivity contribution in [3.63, 3.8) is 0 Å². The largest absolute Gasteiger partial charge is 0.397 e. The van der Waals surface area contributed by atoms with Crippen LogP contribution in [0.1, 0.15) is 23.0 Å². The Kier molecular flexibility index (Phi) is 4.77. The minimum atomic E-state index is -0.0598. The lowest BCUT2D eigenvalue weighted by atomic mass is 10.3. The SMILES string of the molecule is CCNC(=O)c1sc(N2CCCSCC2)cc1N. The van der Waals surface area contributed by atoms with Crippen LogP contribution in [0.15, 0.2) is 6.07 Å². The lowest BCUT2D eigenvalue weighted by Gasteiger charge is -2.19. The topological polar surface area (TPSA) is 58.4 Å². The van der Waals surface area contributed by atoms with Gasteiger partial charge in [0.25, 0.3) is 5.91 Å². The molecule has 1 aliphatic rings. The predicted molar refractivity (Wildman–Crippen MR) is 80.9 cm³/mol. The molecule has 0 aromatic carbocycles. The van der Waals surface area contributed by atoms with Crippen LogP contribution in [0.3, 0.4) is 0 Å². The number of carbonyl (C=O) groups excluding carboxylic acids is 1. The molecule has 0 unspecified atom stereocenters. The van der Waals surface area contributed by atoms with Gasteiger partial charge in [-0.05, 0) is 25.2 Å². The minimum Gasteiger partial charge on any atom is -0.397 e. The van der Waals surface area contributed by atoms with Gasteiger partial charge in [-0.2, -0.15) is 11.8 Å². The van der Waals surface area contributed by atoms with Gasteiger partial charge in [0.15, 0.2) is 0 Å². The molecule has 0 atom stereocenters. The molecule has 3 N–H and O–H groups in total. The monoisotopic (exact) mass is 285 g/mol. The molecule has 1 fully saturated rings. The van der Waals surface area contributed by atoms with Crippen LogP contribution in [0.5, 0.6) is 0 Å². The second kappa shape index (κ2) is 6.33. The molecule has 1 amide bonds. The van der Waals surface area contributed by atoms with Gasteiger partial charge >= 0.3 is 0 Å². The van der Waals surface area contributed by atoms with Crippen LogP contribution in [0.2, 0.25) is 0 Å². The summed E-state index contributed by atoms with van der Waals surface area (Å²) in [5.74, 6) is 2.31. The van der Waals surface area contributed by atoms with Crippen molar-refractivity contribution in [1.82, 2.24) is 5.32 Å². The number of nitrogens with zero attached hydrogens (tertiary/aromatic N) is 1. The molecular weight excluding hydrogens is 266 g/mol. The number of thiophene rings is 1. The molecule has 1 aliphatic heterocycles. The summed E-state index contributed by atoms with van der Waals surface area (Å²) in [5, 5.41) is 3.92. The van der Waals surface area contributed by atoms with Gasteiger partial charge in [-0.1, -0.05) is 0 Å². The van der Waals surface area contributed by atoms with E-state index < -0.39 is 0 Å². The molecule has 1 aromatic rings. The maximum atomic E-state index is 11.8. The normalized spacial score (nSPS) is 16.4. The Hall–Kier alpha value is -0.880. The fraction of sp³-hybridized carbons (Fsp3) is 0.583. The molecule has 18 heavy (non-hydrogen) atoms. The molecule has 100 valence electrons. The van der Waals surface area contributed by atoms with E-state index in [1.54, 1.807) is 0 Å². The van der Waals surface area contributed by atoms with Crippen LogP contribution < -0.4 is 16.0 Å². The van der Waals surface area contributed by atoms with Crippen molar-refractivity contribution in [1.29, 1.82) is 0 Å². The number of nitrogen functional groups attached to an aromatic ring is 1. The first-order chi connectivity index (χ1) is 8.72. The Morgan fingerprint density at radius 1 is 1.50 bits per heavy atom. The Morgan fingerprint density at radius 3 is 3.11 bits per heavy atom. The summed E-state index contributed by atoms with van der Waals surface area (Å²) in [6.45, 7) is 4.64. The van der Waals surface area contributed by atoms with Gasteiger partial charge < -0.3 is 16.0 Å². The van der Waals surface area contributed by atoms with E-state index in [9.17, 15) is 4.79 Å².